The Balaban J connectivity index is 0.00000320. The predicted octanol–water partition coefficient (Wildman–Crippen LogP) is 2.98. The van der Waals surface area contributed by atoms with Crippen LogP contribution in [0.15, 0.2) is 47.6 Å². The number of guanidine groups is 1. The van der Waals surface area contributed by atoms with E-state index in [9.17, 15) is 0 Å². The van der Waals surface area contributed by atoms with E-state index in [4.69, 9.17) is 9.47 Å². The summed E-state index contributed by atoms with van der Waals surface area (Å²) in [5.41, 5.74) is 2.33. The predicted molar refractivity (Wildman–Crippen MR) is 132 cm³/mol. The highest BCUT2D eigenvalue weighted by Crippen LogP contribution is 2.18. The van der Waals surface area contributed by atoms with Crippen molar-refractivity contribution in [2.45, 2.75) is 26.5 Å². The van der Waals surface area contributed by atoms with E-state index in [0.717, 1.165) is 49.4 Å². The Labute approximate surface area is 196 Å². The maximum atomic E-state index is 5.98. The first kappa shape index (κ1) is 24.2. The van der Waals surface area contributed by atoms with Crippen LogP contribution in [-0.4, -0.2) is 56.9 Å². The molecule has 1 unspecified atom stereocenters. The molecule has 8 heteroatoms. The van der Waals surface area contributed by atoms with E-state index in [0.29, 0.717) is 13.1 Å². The Morgan fingerprint density at radius 1 is 1.23 bits per heavy atom. The monoisotopic (exact) mass is 525 g/mol. The Hall–Kier alpha value is -2.07. The fraction of sp³-hybridized carbons (Fsp3) is 0.455. The molecule has 30 heavy (non-hydrogen) atoms. The smallest absolute Gasteiger partial charge is 0.191 e. The van der Waals surface area contributed by atoms with Gasteiger partial charge >= 0.3 is 0 Å². The third-order valence-corrected chi connectivity index (χ3v) is 4.73. The number of pyridine rings is 1. The second kappa shape index (κ2) is 12.6. The van der Waals surface area contributed by atoms with Crippen LogP contribution in [0.4, 0.5) is 5.82 Å². The van der Waals surface area contributed by atoms with Gasteiger partial charge in [0, 0.05) is 38.4 Å². The summed E-state index contributed by atoms with van der Waals surface area (Å²) in [6.07, 6.45) is 1.85. The summed E-state index contributed by atoms with van der Waals surface area (Å²) in [7, 11) is 1.77. The average Bonchev–Trinajstić information content (AvgIpc) is 2.75. The zero-order chi connectivity index (χ0) is 20.5. The van der Waals surface area contributed by atoms with Crippen LogP contribution >= 0.6 is 24.0 Å². The molecule has 1 saturated heterocycles. The molecular formula is C22H32IN5O2. The number of hydrogen-bond donors (Lipinski definition) is 2. The Bertz CT molecular complexity index is 812. The molecule has 2 aromatic rings. The first-order valence-electron chi connectivity index (χ1n) is 10.1. The highest BCUT2D eigenvalue weighted by Gasteiger charge is 2.16. The molecule has 7 nitrogen and oxygen atoms in total. The highest BCUT2D eigenvalue weighted by molar-refractivity contribution is 14.0. The summed E-state index contributed by atoms with van der Waals surface area (Å²) < 4.78 is 11.4. The van der Waals surface area contributed by atoms with Crippen molar-refractivity contribution in [3.8, 4) is 5.75 Å². The molecule has 1 aromatic carbocycles. The van der Waals surface area contributed by atoms with Crippen molar-refractivity contribution in [1.82, 2.24) is 15.6 Å². The fourth-order valence-corrected chi connectivity index (χ4v) is 3.23. The number of hydrogen-bond acceptors (Lipinski definition) is 5. The van der Waals surface area contributed by atoms with Gasteiger partial charge in [0.2, 0.25) is 0 Å². The average molecular weight is 525 g/mol. The number of halogens is 1. The zero-order valence-corrected chi connectivity index (χ0v) is 20.3. The topological polar surface area (TPSA) is 71.0 Å². The van der Waals surface area contributed by atoms with Crippen molar-refractivity contribution in [2.24, 2.45) is 4.99 Å². The molecule has 1 aliphatic heterocycles. The van der Waals surface area contributed by atoms with Crippen LogP contribution in [0.5, 0.6) is 5.75 Å². The van der Waals surface area contributed by atoms with Gasteiger partial charge in [-0.15, -0.1) is 24.0 Å². The number of ether oxygens (including phenoxy) is 2. The van der Waals surface area contributed by atoms with E-state index >= 15 is 0 Å². The maximum Gasteiger partial charge on any atom is 0.191 e. The van der Waals surface area contributed by atoms with E-state index in [1.165, 1.54) is 5.56 Å². The summed E-state index contributed by atoms with van der Waals surface area (Å²) in [4.78, 5) is 11.2. The highest BCUT2D eigenvalue weighted by atomic mass is 127. The van der Waals surface area contributed by atoms with E-state index < -0.39 is 0 Å². The SMILES string of the molecule is CN=C(NCc1cccnc1N1CCOCC1)NCC(C)Oc1cccc(C)c1.I. The van der Waals surface area contributed by atoms with Gasteiger partial charge < -0.3 is 25.0 Å². The number of nitrogens with zero attached hydrogens (tertiary/aromatic N) is 3. The summed E-state index contributed by atoms with van der Waals surface area (Å²) in [5.74, 6) is 2.63. The summed E-state index contributed by atoms with van der Waals surface area (Å²) in [5, 5.41) is 6.71. The maximum absolute atomic E-state index is 5.98. The van der Waals surface area contributed by atoms with Gasteiger partial charge in [-0.05, 0) is 37.6 Å². The quantitative estimate of drug-likeness (QED) is 0.329. The number of benzene rings is 1. The Morgan fingerprint density at radius 2 is 2.03 bits per heavy atom. The minimum atomic E-state index is 0. The van der Waals surface area contributed by atoms with Crippen LogP contribution in [0.3, 0.4) is 0 Å². The lowest BCUT2D eigenvalue weighted by Crippen LogP contribution is -2.42. The Kier molecular flexibility index (Phi) is 10.2. The minimum Gasteiger partial charge on any atom is -0.489 e. The molecule has 0 spiro atoms. The molecule has 1 atom stereocenters. The van der Waals surface area contributed by atoms with E-state index in [2.05, 4.69) is 44.6 Å². The fourth-order valence-electron chi connectivity index (χ4n) is 3.23. The zero-order valence-electron chi connectivity index (χ0n) is 17.9. The van der Waals surface area contributed by atoms with Crippen molar-refractivity contribution < 1.29 is 9.47 Å². The molecule has 0 amide bonds. The lowest BCUT2D eigenvalue weighted by Gasteiger charge is -2.29. The van der Waals surface area contributed by atoms with Crippen LogP contribution in [0.2, 0.25) is 0 Å². The van der Waals surface area contributed by atoms with Gasteiger partial charge in [-0.2, -0.15) is 0 Å². The molecule has 1 aromatic heterocycles. The van der Waals surface area contributed by atoms with Gasteiger partial charge in [-0.1, -0.05) is 18.2 Å². The van der Waals surface area contributed by atoms with Crippen LogP contribution < -0.4 is 20.3 Å². The van der Waals surface area contributed by atoms with Crippen molar-refractivity contribution in [3.63, 3.8) is 0 Å². The van der Waals surface area contributed by atoms with E-state index in [-0.39, 0.29) is 30.1 Å². The van der Waals surface area contributed by atoms with Crippen molar-refractivity contribution in [2.75, 3.05) is 44.8 Å². The summed E-state index contributed by atoms with van der Waals surface area (Å²) in [6, 6.07) is 12.2. The van der Waals surface area contributed by atoms with E-state index in [1.807, 2.05) is 37.4 Å². The van der Waals surface area contributed by atoms with E-state index in [1.54, 1.807) is 7.05 Å². The number of nitrogens with one attached hydrogen (secondary N) is 2. The molecule has 0 bridgehead atoms. The van der Waals surface area contributed by atoms with Gasteiger partial charge in [-0.3, -0.25) is 4.99 Å². The number of anilines is 1. The molecule has 1 fully saturated rings. The number of aliphatic imine (C=N–C) groups is 1. The van der Waals surface area contributed by atoms with Crippen LogP contribution in [0.1, 0.15) is 18.1 Å². The van der Waals surface area contributed by atoms with Crippen LogP contribution in [0.25, 0.3) is 0 Å². The molecule has 3 rings (SSSR count). The van der Waals surface area contributed by atoms with Crippen molar-refractivity contribution >= 4 is 35.8 Å². The molecule has 0 aliphatic carbocycles. The summed E-state index contributed by atoms with van der Waals surface area (Å²) in [6.45, 7) is 8.61. The van der Waals surface area contributed by atoms with Gasteiger partial charge in [0.1, 0.15) is 17.7 Å². The van der Waals surface area contributed by atoms with Crippen molar-refractivity contribution in [3.05, 3.63) is 53.7 Å². The first-order chi connectivity index (χ1) is 14.2. The van der Waals surface area contributed by atoms with Gasteiger partial charge in [-0.25, -0.2) is 4.98 Å². The first-order valence-corrected chi connectivity index (χ1v) is 10.1. The molecule has 1 aliphatic rings. The minimum absolute atomic E-state index is 0. The number of aromatic nitrogens is 1. The van der Waals surface area contributed by atoms with Gasteiger partial charge in [0.25, 0.3) is 0 Å². The van der Waals surface area contributed by atoms with Crippen molar-refractivity contribution in [1.29, 1.82) is 0 Å². The Morgan fingerprint density at radius 3 is 2.77 bits per heavy atom. The largest absolute Gasteiger partial charge is 0.489 e. The number of aryl methyl sites for hydroxylation is 1. The lowest BCUT2D eigenvalue weighted by molar-refractivity contribution is 0.122. The molecule has 2 heterocycles. The molecule has 164 valence electrons. The number of morpholine rings is 1. The third kappa shape index (κ3) is 7.32. The van der Waals surface area contributed by atoms with Crippen LogP contribution in [0, 0.1) is 6.92 Å². The number of rotatable bonds is 7. The second-order valence-corrected chi connectivity index (χ2v) is 7.14. The normalized spacial score (nSPS) is 15.2. The molecule has 0 saturated carbocycles. The lowest BCUT2D eigenvalue weighted by atomic mass is 10.2. The summed E-state index contributed by atoms with van der Waals surface area (Å²) >= 11 is 0. The van der Waals surface area contributed by atoms with Crippen LogP contribution in [-0.2, 0) is 11.3 Å². The standard InChI is InChI=1S/C22H31N5O2.HI/c1-17-6-4-8-20(14-17)29-18(2)15-25-22(23-3)26-16-19-7-5-9-24-21(19)27-10-12-28-13-11-27;/h4-9,14,18H,10-13,15-16H2,1-3H3,(H2,23,25,26);1H. The molecule has 2 N–H and O–H groups in total. The molecular weight excluding hydrogens is 493 g/mol. The molecule has 0 radical (unpaired) electrons. The third-order valence-electron chi connectivity index (χ3n) is 4.73. The van der Waals surface area contributed by atoms with Gasteiger partial charge in [0.05, 0.1) is 19.8 Å². The van der Waals surface area contributed by atoms with Gasteiger partial charge in [0.15, 0.2) is 5.96 Å². The second-order valence-electron chi connectivity index (χ2n) is 7.14.